The highest BCUT2D eigenvalue weighted by Crippen LogP contribution is 2.39. The minimum absolute atomic E-state index is 0.0505. The molecule has 2 unspecified atom stereocenters. The van der Waals surface area contributed by atoms with E-state index in [1.165, 1.54) is 18.6 Å². The zero-order valence-electron chi connectivity index (χ0n) is 24.3. The van der Waals surface area contributed by atoms with Crippen LogP contribution in [0.4, 0.5) is 4.79 Å². The lowest BCUT2D eigenvalue weighted by Crippen LogP contribution is -2.36. The van der Waals surface area contributed by atoms with Crippen molar-refractivity contribution in [3.63, 3.8) is 0 Å². The Morgan fingerprint density at radius 3 is 2.00 bits per heavy atom. The average molecular weight is 635 g/mol. The normalized spacial score (nSPS) is 23.3. The lowest BCUT2D eigenvalue weighted by Gasteiger charge is -2.16. The summed E-state index contributed by atoms with van der Waals surface area (Å²) in [5.74, 6) is 2.48. The molecule has 0 aromatic rings. The fraction of sp³-hybridized carbons (Fsp3) is 0.893. The zero-order valence-corrected chi connectivity index (χ0v) is 26.8. The number of hydrogen-bond donors (Lipinski definition) is 4. The van der Waals surface area contributed by atoms with E-state index < -0.39 is 0 Å². The molecule has 0 bridgehead atoms. The largest absolute Gasteiger partial charge is 0.379 e. The number of hydrogen-bond acceptors (Lipinski definition) is 9. The number of rotatable bonds is 24. The van der Waals surface area contributed by atoms with Crippen LogP contribution in [0.15, 0.2) is 0 Å². The molecule has 10 nitrogen and oxygen atoms in total. The van der Waals surface area contributed by atoms with E-state index in [1.54, 1.807) is 0 Å². The Balaban J connectivity index is 0.972. The van der Waals surface area contributed by atoms with E-state index in [0.717, 1.165) is 55.9 Å². The minimum atomic E-state index is -0.0505. The molecule has 0 aromatic carbocycles. The molecular weight excluding hydrogens is 585 g/mol. The lowest BCUT2D eigenvalue weighted by molar-refractivity contribution is -0.122. The molecule has 0 aromatic heterocycles. The second-order valence-corrected chi connectivity index (χ2v) is 14.7. The molecule has 3 rings (SSSR count). The first-order chi connectivity index (χ1) is 20.1. The van der Waals surface area contributed by atoms with Crippen LogP contribution in [0.3, 0.4) is 0 Å². The van der Waals surface area contributed by atoms with E-state index in [1.807, 2.05) is 33.3 Å². The highest BCUT2D eigenvalue weighted by Gasteiger charge is 2.42. The van der Waals surface area contributed by atoms with Crippen LogP contribution in [-0.2, 0) is 23.8 Å². The summed E-state index contributed by atoms with van der Waals surface area (Å²) in [6.45, 7) is 4.57. The van der Waals surface area contributed by atoms with E-state index in [2.05, 4.69) is 21.3 Å². The van der Waals surface area contributed by atoms with E-state index in [9.17, 15) is 14.4 Å². The molecule has 4 atom stereocenters. The minimum Gasteiger partial charge on any atom is -0.379 e. The number of carbonyl (C=O) groups excluding carboxylic acids is 3. The zero-order chi connectivity index (χ0) is 29.0. The molecule has 3 aliphatic heterocycles. The summed E-state index contributed by atoms with van der Waals surface area (Å²) in [4.78, 5) is 35.4. The fourth-order valence-electron chi connectivity index (χ4n) is 5.02. The topological polar surface area (TPSA) is 127 Å². The van der Waals surface area contributed by atoms with Gasteiger partial charge in [0.2, 0.25) is 11.8 Å². The van der Waals surface area contributed by atoms with Crippen LogP contribution in [0, 0.1) is 0 Å². The van der Waals surface area contributed by atoms with Gasteiger partial charge in [-0.1, -0.05) is 34.4 Å². The summed E-state index contributed by atoms with van der Waals surface area (Å²) in [7, 11) is 3.98. The van der Waals surface area contributed by atoms with Gasteiger partial charge in [-0.2, -0.15) is 11.8 Å². The molecule has 4 amide bonds. The second-order valence-electron chi connectivity index (χ2n) is 10.7. The van der Waals surface area contributed by atoms with Gasteiger partial charge in [-0.15, -0.1) is 0 Å². The Hall–Kier alpha value is -0.860. The third-order valence-electron chi connectivity index (χ3n) is 7.31. The molecule has 3 aliphatic rings. The number of urea groups is 1. The number of fused-ring (bicyclic) bond motifs is 1. The van der Waals surface area contributed by atoms with E-state index >= 15 is 0 Å². The van der Waals surface area contributed by atoms with Gasteiger partial charge in [-0.05, 0) is 44.9 Å². The molecule has 0 spiro atoms. The van der Waals surface area contributed by atoms with Crippen molar-refractivity contribution < 1.29 is 28.6 Å². The van der Waals surface area contributed by atoms with E-state index in [0.29, 0.717) is 70.8 Å². The summed E-state index contributed by atoms with van der Waals surface area (Å²) in [5, 5.41) is 13.1. The molecule has 0 radical (unpaired) electrons. The summed E-state index contributed by atoms with van der Waals surface area (Å²) in [5.41, 5.74) is 0. The fourth-order valence-corrected chi connectivity index (χ4v) is 9.59. The summed E-state index contributed by atoms with van der Waals surface area (Å²) < 4.78 is 16.6. The van der Waals surface area contributed by atoms with Gasteiger partial charge in [0, 0.05) is 61.2 Å². The van der Waals surface area contributed by atoms with Crippen LogP contribution >= 0.6 is 33.3 Å². The van der Waals surface area contributed by atoms with Gasteiger partial charge in [-0.25, -0.2) is 4.79 Å². The first-order valence-electron chi connectivity index (χ1n) is 15.4. The monoisotopic (exact) mass is 634 g/mol. The maximum Gasteiger partial charge on any atom is 0.315 e. The van der Waals surface area contributed by atoms with Crippen LogP contribution in [0.5, 0.6) is 0 Å². The number of carbonyl (C=O) groups is 3. The van der Waals surface area contributed by atoms with Gasteiger partial charge in [-0.3, -0.25) is 9.59 Å². The van der Waals surface area contributed by atoms with Crippen LogP contribution in [0.25, 0.3) is 0 Å². The smallest absolute Gasteiger partial charge is 0.315 e. The van der Waals surface area contributed by atoms with Crippen molar-refractivity contribution in [3.8, 4) is 0 Å². The van der Waals surface area contributed by atoms with E-state index in [-0.39, 0.29) is 29.9 Å². The molecule has 41 heavy (non-hydrogen) atoms. The second kappa shape index (κ2) is 21.8. The van der Waals surface area contributed by atoms with Crippen molar-refractivity contribution in [2.45, 2.75) is 93.2 Å². The number of nitrogens with one attached hydrogen (secondary N) is 4. The third kappa shape index (κ3) is 15.4. The maximum atomic E-state index is 12.0. The highest BCUT2D eigenvalue weighted by molar-refractivity contribution is 8.77. The Bertz CT molecular complexity index is 762. The van der Waals surface area contributed by atoms with Crippen LogP contribution < -0.4 is 21.3 Å². The predicted octanol–water partition coefficient (Wildman–Crippen LogP) is 3.49. The molecular formula is C28H50N4O6S3. The van der Waals surface area contributed by atoms with Crippen molar-refractivity contribution in [2.24, 2.45) is 0 Å². The standard InChI is InChI=1S/C28H50N4O6S3/c33-25(9-3-1-7-22-11-20-40-41-22)29-12-5-14-36-16-18-38-19-17-37-15-6-13-30-26(34)10-4-2-8-24-27-23(21-39-24)31-28(35)32-27/h22-24,27H,1-21H2,(H,29,33)(H,30,34)(H2,31,32,35)/t22?,23-,24?,27-/m1/s1. The Morgan fingerprint density at radius 2 is 1.39 bits per heavy atom. The first kappa shape index (κ1) is 34.6. The summed E-state index contributed by atoms with van der Waals surface area (Å²) >= 11 is 1.91. The van der Waals surface area contributed by atoms with Crippen molar-refractivity contribution in [3.05, 3.63) is 0 Å². The summed E-state index contributed by atoms with van der Waals surface area (Å²) in [6.07, 6.45) is 10.3. The predicted molar refractivity (Wildman–Crippen MR) is 169 cm³/mol. The molecule has 4 N–H and O–H groups in total. The average Bonchev–Trinajstić information content (AvgIpc) is 3.70. The Kier molecular flexibility index (Phi) is 18.4. The molecule has 0 saturated carbocycles. The van der Waals surface area contributed by atoms with Gasteiger partial charge in [0.15, 0.2) is 0 Å². The first-order valence-corrected chi connectivity index (χ1v) is 18.8. The van der Waals surface area contributed by atoms with Crippen LogP contribution in [0.1, 0.15) is 70.6 Å². The number of amides is 4. The highest BCUT2D eigenvalue weighted by atomic mass is 33.1. The quantitative estimate of drug-likeness (QED) is 0.0717. The molecule has 236 valence electrons. The lowest BCUT2D eigenvalue weighted by atomic mass is 10.0. The third-order valence-corrected chi connectivity index (χ3v) is 11.8. The number of thioether (sulfide) groups is 1. The SMILES string of the molecule is O=C(CCCCC1CCSS1)NCCCOCCOCCOCCCNC(=O)CCCCC1SC[C@H]2NC(=O)N[C@@H]12. The van der Waals surface area contributed by atoms with Gasteiger partial charge < -0.3 is 35.5 Å². The van der Waals surface area contributed by atoms with Crippen molar-refractivity contribution in [1.29, 1.82) is 0 Å². The number of ether oxygens (including phenoxy) is 3. The van der Waals surface area contributed by atoms with Crippen molar-refractivity contribution in [1.82, 2.24) is 21.3 Å². The van der Waals surface area contributed by atoms with Crippen LogP contribution in [-0.4, -0.2) is 105 Å². The van der Waals surface area contributed by atoms with Gasteiger partial charge in [0.1, 0.15) is 0 Å². The molecule has 3 heterocycles. The summed E-state index contributed by atoms with van der Waals surface area (Å²) in [6, 6.07) is 0.446. The molecule has 3 fully saturated rings. The molecule has 3 saturated heterocycles. The maximum absolute atomic E-state index is 12.0. The van der Waals surface area contributed by atoms with Gasteiger partial charge >= 0.3 is 6.03 Å². The molecule has 0 aliphatic carbocycles. The van der Waals surface area contributed by atoms with Crippen molar-refractivity contribution in [2.75, 3.05) is 64.2 Å². The van der Waals surface area contributed by atoms with Crippen molar-refractivity contribution >= 4 is 51.2 Å². The van der Waals surface area contributed by atoms with Gasteiger partial charge in [0.25, 0.3) is 0 Å². The Labute approximate surface area is 257 Å². The number of unbranched alkanes of at least 4 members (excludes halogenated alkanes) is 2. The van der Waals surface area contributed by atoms with Gasteiger partial charge in [0.05, 0.1) is 38.5 Å². The van der Waals surface area contributed by atoms with E-state index in [4.69, 9.17) is 14.2 Å². The Morgan fingerprint density at radius 1 is 0.780 bits per heavy atom. The molecule has 13 heteroatoms. The van der Waals surface area contributed by atoms with Crippen LogP contribution in [0.2, 0.25) is 0 Å².